The molecular formula is C29H26N2O4. The third-order valence-corrected chi connectivity index (χ3v) is 7.09. The fourth-order valence-electron chi connectivity index (χ4n) is 5.40. The van der Waals surface area contributed by atoms with Crippen LogP contribution in [0.4, 0.5) is 11.4 Å². The van der Waals surface area contributed by atoms with Crippen LogP contribution in [0.3, 0.4) is 0 Å². The molecule has 0 saturated heterocycles. The van der Waals surface area contributed by atoms with Crippen LogP contribution >= 0.6 is 0 Å². The quantitative estimate of drug-likeness (QED) is 0.342. The number of hydrogen-bond acceptors (Lipinski definition) is 4. The van der Waals surface area contributed by atoms with E-state index in [0.29, 0.717) is 29.8 Å². The molecule has 6 heteroatoms. The third kappa shape index (κ3) is 4.16. The van der Waals surface area contributed by atoms with Crippen molar-refractivity contribution in [3.05, 3.63) is 116 Å². The van der Waals surface area contributed by atoms with Gasteiger partial charge >= 0.3 is 0 Å². The first-order chi connectivity index (χ1) is 16.8. The van der Waals surface area contributed by atoms with Crippen molar-refractivity contribution in [3.8, 4) is 0 Å². The van der Waals surface area contributed by atoms with Crippen LogP contribution < -0.4 is 4.90 Å². The number of allylic oxidation sites excluding steroid dienone is 2. The van der Waals surface area contributed by atoms with Crippen LogP contribution in [0.25, 0.3) is 0 Å². The maximum atomic E-state index is 13.7. The number of ketones is 1. The van der Waals surface area contributed by atoms with Gasteiger partial charge in [-0.1, -0.05) is 66.2 Å². The van der Waals surface area contributed by atoms with Gasteiger partial charge < -0.3 is 0 Å². The summed E-state index contributed by atoms with van der Waals surface area (Å²) in [6, 6.07) is 22.4. The molecular weight excluding hydrogens is 440 g/mol. The molecule has 1 aliphatic carbocycles. The Morgan fingerprint density at radius 1 is 0.857 bits per heavy atom. The van der Waals surface area contributed by atoms with Crippen molar-refractivity contribution in [3.63, 3.8) is 0 Å². The first kappa shape index (κ1) is 22.7. The van der Waals surface area contributed by atoms with Crippen molar-refractivity contribution in [2.45, 2.75) is 44.9 Å². The average molecular weight is 467 g/mol. The molecule has 1 heterocycles. The van der Waals surface area contributed by atoms with Gasteiger partial charge in [-0.2, -0.15) is 0 Å². The summed E-state index contributed by atoms with van der Waals surface area (Å²) >= 11 is 0. The largest absolute Gasteiger partial charge is 0.294 e. The molecule has 5 rings (SSSR count). The monoisotopic (exact) mass is 466 g/mol. The number of nitro benzene ring substituents is 1. The predicted octanol–water partition coefficient (Wildman–Crippen LogP) is 6.13. The molecule has 0 spiro atoms. The molecule has 0 fully saturated rings. The fraction of sp³-hybridized carbons (Fsp3) is 0.241. The second kappa shape index (κ2) is 8.95. The molecule has 0 N–H and O–H groups in total. The molecule has 1 amide bonds. The highest BCUT2D eigenvalue weighted by Gasteiger charge is 2.43. The predicted molar refractivity (Wildman–Crippen MR) is 134 cm³/mol. The molecule has 2 aliphatic rings. The molecule has 1 aliphatic heterocycles. The minimum atomic E-state index is -0.457. The highest BCUT2D eigenvalue weighted by Crippen LogP contribution is 2.47. The number of benzene rings is 3. The van der Waals surface area contributed by atoms with E-state index in [1.165, 1.54) is 12.1 Å². The summed E-state index contributed by atoms with van der Waals surface area (Å²) in [7, 11) is 0. The maximum Gasteiger partial charge on any atom is 0.271 e. The molecule has 6 nitrogen and oxygen atoms in total. The van der Waals surface area contributed by atoms with E-state index in [4.69, 9.17) is 0 Å². The number of aryl methyl sites for hydroxylation is 2. The van der Waals surface area contributed by atoms with E-state index in [2.05, 4.69) is 0 Å². The van der Waals surface area contributed by atoms with Crippen LogP contribution in [0.5, 0.6) is 0 Å². The molecule has 0 radical (unpaired) electrons. The minimum absolute atomic E-state index is 0.0344. The summed E-state index contributed by atoms with van der Waals surface area (Å²) in [4.78, 5) is 40.1. The van der Waals surface area contributed by atoms with Crippen LogP contribution in [0.1, 0.15) is 53.4 Å². The molecule has 0 aromatic heterocycles. The van der Waals surface area contributed by atoms with Gasteiger partial charge in [-0.15, -0.1) is 0 Å². The van der Waals surface area contributed by atoms with E-state index in [9.17, 15) is 19.7 Å². The topological polar surface area (TPSA) is 80.5 Å². The van der Waals surface area contributed by atoms with Crippen LogP contribution in [-0.4, -0.2) is 16.6 Å². The summed E-state index contributed by atoms with van der Waals surface area (Å²) < 4.78 is 0. The number of anilines is 1. The molecule has 0 bridgehead atoms. The summed E-state index contributed by atoms with van der Waals surface area (Å²) in [5.41, 5.74) is 5.54. The van der Waals surface area contributed by atoms with Crippen LogP contribution in [-0.2, 0) is 9.59 Å². The van der Waals surface area contributed by atoms with Crippen molar-refractivity contribution in [1.82, 2.24) is 0 Å². The molecule has 35 heavy (non-hydrogen) atoms. The Morgan fingerprint density at radius 3 is 2.31 bits per heavy atom. The number of hydrogen-bond donors (Lipinski definition) is 0. The van der Waals surface area contributed by atoms with Gasteiger partial charge in [-0.25, -0.2) is 0 Å². The summed E-state index contributed by atoms with van der Waals surface area (Å²) in [5, 5.41) is 11.5. The van der Waals surface area contributed by atoms with Crippen molar-refractivity contribution in [1.29, 1.82) is 0 Å². The van der Waals surface area contributed by atoms with E-state index in [1.807, 2.05) is 68.4 Å². The zero-order chi connectivity index (χ0) is 24.7. The SMILES string of the molecule is Cc1cccc(C2CC(=O)N(c3cc([N+](=O)[O-])ccc3C)C3=C2C(=O)CC(c2ccccc2)C3)c1. The first-order valence-electron chi connectivity index (χ1n) is 11.8. The number of amides is 1. The minimum Gasteiger partial charge on any atom is -0.294 e. The Hall–Kier alpha value is -4.06. The lowest BCUT2D eigenvalue weighted by atomic mass is 9.72. The van der Waals surface area contributed by atoms with E-state index in [1.54, 1.807) is 11.0 Å². The number of rotatable bonds is 4. The molecule has 0 saturated carbocycles. The number of carbonyl (C=O) groups is 2. The van der Waals surface area contributed by atoms with Gasteiger partial charge in [0.25, 0.3) is 5.69 Å². The Labute approximate surface area is 204 Å². The van der Waals surface area contributed by atoms with Gasteiger partial charge in [-0.3, -0.25) is 24.6 Å². The molecule has 3 aromatic rings. The highest BCUT2D eigenvalue weighted by atomic mass is 16.6. The number of carbonyl (C=O) groups excluding carboxylic acids is 2. The lowest BCUT2D eigenvalue weighted by Gasteiger charge is -2.41. The van der Waals surface area contributed by atoms with Crippen molar-refractivity contribution < 1.29 is 14.5 Å². The first-order valence-corrected chi connectivity index (χ1v) is 11.8. The summed E-state index contributed by atoms with van der Waals surface area (Å²) in [6.07, 6.45) is 1.04. The van der Waals surface area contributed by atoms with Crippen molar-refractivity contribution in [2.24, 2.45) is 0 Å². The van der Waals surface area contributed by atoms with Gasteiger partial charge in [0, 0.05) is 42.2 Å². The average Bonchev–Trinajstić information content (AvgIpc) is 2.84. The number of Topliss-reactive ketones (excluding diaryl/α,β-unsaturated/α-hetero) is 1. The van der Waals surface area contributed by atoms with Crippen LogP contribution in [0.2, 0.25) is 0 Å². The normalized spacial score (nSPS) is 20.1. The van der Waals surface area contributed by atoms with E-state index in [-0.39, 0.29) is 35.6 Å². The molecule has 2 unspecified atom stereocenters. The van der Waals surface area contributed by atoms with Crippen molar-refractivity contribution in [2.75, 3.05) is 4.90 Å². The smallest absolute Gasteiger partial charge is 0.271 e. The Balaban J connectivity index is 1.70. The number of non-ortho nitro benzene ring substituents is 1. The van der Waals surface area contributed by atoms with Crippen LogP contribution in [0.15, 0.2) is 84.1 Å². The van der Waals surface area contributed by atoms with E-state index < -0.39 is 4.92 Å². The molecule has 2 atom stereocenters. The zero-order valence-electron chi connectivity index (χ0n) is 19.7. The second-order valence-electron chi connectivity index (χ2n) is 9.43. The summed E-state index contributed by atoms with van der Waals surface area (Å²) in [6.45, 7) is 3.83. The van der Waals surface area contributed by atoms with Gasteiger partial charge in [0.1, 0.15) is 0 Å². The van der Waals surface area contributed by atoms with E-state index >= 15 is 0 Å². The van der Waals surface area contributed by atoms with Crippen LogP contribution in [0, 0.1) is 24.0 Å². The maximum absolute atomic E-state index is 13.7. The third-order valence-electron chi connectivity index (χ3n) is 7.09. The fourth-order valence-corrected chi connectivity index (χ4v) is 5.40. The lowest BCUT2D eigenvalue weighted by molar-refractivity contribution is -0.384. The number of nitrogens with zero attached hydrogens (tertiary/aromatic N) is 2. The zero-order valence-corrected chi connectivity index (χ0v) is 19.7. The highest BCUT2D eigenvalue weighted by molar-refractivity contribution is 6.08. The Kier molecular flexibility index (Phi) is 5.81. The van der Waals surface area contributed by atoms with Gasteiger partial charge in [0.05, 0.1) is 10.6 Å². The molecule has 176 valence electrons. The molecule has 3 aromatic carbocycles. The van der Waals surface area contributed by atoms with Crippen molar-refractivity contribution >= 4 is 23.1 Å². The number of nitro groups is 1. The standard InChI is InChI=1S/C29H26N2O4/c1-18-7-6-10-21(13-18)24-17-28(33)30(25-16-23(31(34)35)12-11-19(25)2)26-14-22(15-27(32)29(24)26)20-8-4-3-5-9-20/h3-13,16,22,24H,14-15,17H2,1-2H3. The Morgan fingerprint density at radius 2 is 1.60 bits per heavy atom. The Bertz CT molecular complexity index is 1380. The van der Waals surface area contributed by atoms with Gasteiger partial charge in [-0.05, 0) is 42.9 Å². The van der Waals surface area contributed by atoms with E-state index in [0.717, 1.165) is 22.3 Å². The second-order valence-corrected chi connectivity index (χ2v) is 9.43. The van der Waals surface area contributed by atoms with Gasteiger partial charge in [0.2, 0.25) is 5.91 Å². The lowest BCUT2D eigenvalue weighted by Crippen LogP contribution is -2.42. The van der Waals surface area contributed by atoms with Gasteiger partial charge in [0.15, 0.2) is 5.78 Å². The summed E-state index contributed by atoms with van der Waals surface area (Å²) in [5.74, 6) is -0.502.